The number of pyridine rings is 2. The lowest BCUT2D eigenvalue weighted by molar-refractivity contribution is -0.139. The quantitative estimate of drug-likeness (QED) is 0.0457. The van der Waals surface area contributed by atoms with Crippen LogP contribution < -0.4 is 31.9 Å². The molecule has 2 aliphatic rings. The Kier molecular flexibility index (Phi) is 17.5. The van der Waals surface area contributed by atoms with E-state index in [1.807, 2.05) is 144 Å². The van der Waals surface area contributed by atoms with Gasteiger partial charge in [0.15, 0.2) is 0 Å². The van der Waals surface area contributed by atoms with Crippen LogP contribution in [0, 0.1) is 11.8 Å². The van der Waals surface area contributed by atoms with Crippen molar-refractivity contribution in [2.24, 2.45) is 11.8 Å². The third-order valence-corrected chi connectivity index (χ3v) is 15.9. The van der Waals surface area contributed by atoms with Crippen LogP contribution >= 0.6 is 0 Å². The highest BCUT2D eigenvalue weighted by molar-refractivity contribution is 6.08. The summed E-state index contributed by atoms with van der Waals surface area (Å²) < 4.78 is 4.01. The molecule has 0 unspecified atom stereocenters. The third-order valence-electron chi connectivity index (χ3n) is 15.9. The fourth-order valence-electron chi connectivity index (χ4n) is 11.0. The monoisotopic (exact) mass is 1080 g/mol. The second-order valence-corrected chi connectivity index (χ2v) is 21.8. The fraction of sp³-hybridized carbons (Fsp3) is 0.387. The molecule has 2 aliphatic heterocycles. The molecule has 0 radical (unpaired) electrons. The Bertz CT molecular complexity index is 3180. The second kappa shape index (κ2) is 24.8. The fourth-order valence-corrected chi connectivity index (χ4v) is 11.0. The summed E-state index contributed by atoms with van der Waals surface area (Å²) in [7, 11) is 3.43. The van der Waals surface area contributed by atoms with Gasteiger partial charge < -0.3 is 50.8 Å². The minimum atomic E-state index is -0.657. The molecule has 4 aromatic heterocycles. The summed E-state index contributed by atoms with van der Waals surface area (Å²) >= 11 is 0. The first-order valence-electron chi connectivity index (χ1n) is 27.9. The van der Waals surface area contributed by atoms with Crippen LogP contribution in [0.2, 0.25) is 0 Å². The van der Waals surface area contributed by atoms with Crippen LogP contribution in [0.4, 0.5) is 0 Å². The van der Waals surface area contributed by atoms with E-state index in [4.69, 9.17) is 0 Å². The zero-order valence-corrected chi connectivity index (χ0v) is 47.0. The highest BCUT2D eigenvalue weighted by atomic mass is 16.2. The Labute approximate surface area is 467 Å². The lowest BCUT2D eigenvalue weighted by Crippen LogP contribution is -2.54. The van der Waals surface area contributed by atoms with Gasteiger partial charge in [0.25, 0.3) is 11.8 Å². The normalized spacial score (nSPS) is 16.9. The molecule has 6 heterocycles. The Balaban J connectivity index is 0.811. The summed E-state index contributed by atoms with van der Waals surface area (Å²) in [5.74, 6) is -1.28. The van der Waals surface area contributed by atoms with Crippen LogP contribution in [-0.4, -0.2) is 116 Å². The minimum Gasteiger partial charge on any atom is -0.348 e. The lowest BCUT2D eigenvalue weighted by Gasteiger charge is -2.32. The Morgan fingerprint density at radius 2 is 0.938 bits per heavy atom. The van der Waals surface area contributed by atoms with E-state index in [2.05, 4.69) is 41.9 Å². The van der Waals surface area contributed by atoms with Gasteiger partial charge in [-0.05, 0) is 136 Å². The van der Waals surface area contributed by atoms with Crippen LogP contribution in [-0.2, 0) is 32.3 Å². The highest BCUT2D eigenvalue weighted by Crippen LogP contribution is 2.36. The van der Waals surface area contributed by atoms with E-state index in [-0.39, 0.29) is 59.4 Å². The maximum atomic E-state index is 14.0. The molecule has 18 heteroatoms. The number of nitrogens with zero attached hydrogens (tertiary/aromatic N) is 6. The Morgan fingerprint density at radius 3 is 1.31 bits per heavy atom. The summed E-state index contributed by atoms with van der Waals surface area (Å²) in [4.78, 5) is 94.2. The molecule has 6 atom stereocenters. The number of hydrogen-bond donors (Lipinski definition) is 6. The van der Waals surface area contributed by atoms with Crippen LogP contribution in [0.25, 0.3) is 33.2 Å². The molecular weight excluding hydrogens is 1010 g/mol. The third kappa shape index (κ3) is 12.0. The molecule has 0 spiro atoms. The summed E-state index contributed by atoms with van der Waals surface area (Å²) in [5.41, 5.74) is 7.95. The molecule has 0 aliphatic carbocycles. The van der Waals surface area contributed by atoms with Gasteiger partial charge >= 0.3 is 0 Å². The number of likely N-dealkylation sites (tertiary alicyclic amines) is 2. The number of hydrogen-bond acceptors (Lipinski definition) is 10. The Hall–Kier alpha value is -8.22. The smallest absolute Gasteiger partial charge is 0.252 e. The molecule has 418 valence electrons. The first-order chi connectivity index (χ1) is 38.6. The zero-order chi connectivity index (χ0) is 56.8. The van der Waals surface area contributed by atoms with Crippen LogP contribution in [0.15, 0.2) is 122 Å². The second-order valence-electron chi connectivity index (χ2n) is 21.8. The van der Waals surface area contributed by atoms with E-state index >= 15 is 0 Å². The SMILES string of the molecule is CN[C@@H](C)C(=O)N[C@H](C(=O)N1CCC[C@H]1c1cncc(-n2ccc3c(C(=O)NCc4ccc(CNC(=O)c5cccc6c5ccn6-c5cncc([C@@H]6CCCN6C(=O)[C@@H](NC(=O)[C@H](C)NC)C(C)C)c5)cc4)cccc32)c1)C(C)C. The van der Waals surface area contributed by atoms with Crippen molar-refractivity contribution in [2.45, 2.75) is 117 Å². The zero-order valence-electron chi connectivity index (χ0n) is 47.0. The molecular formula is C62H74N12O6. The van der Waals surface area contributed by atoms with Gasteiger partial charge in [-0.1, -0.05) is 64.1 Å². The summed E-state index contributed by atoms with van der Waals surface area (Å²) in [6.45, 7) is 13.1. The van der Waals surface area contributed by atoms with Gasteiger partial charge in [-0.15, -0.1) is 0 Å². The molecule has 9 rings (SSSR count). The van der Waals surface area contributed by atoms with Gasteiger partial charge in [-0.2, -0.15) is 0 Å². The molecule has 3 aromatic carbocycles. The maximum absolute atomic E-state index is 14.0. The van der Waals surface area contributed by atoms with Crippen LogP contribution in [0.1, 0.15) is 122 Å². The number of carbonyl (C=O) groups is 6. The van der Waals surface area contributed by atoms with E-state index in [0.29, 0.717) is 37.3 Å². The van der Waals surface area contributed by atoms with Gasteiger partial charge in [0.2, 0.25) is 23.6 Å². The lowest BCUT2D eigenvalue weighted by atomic mass is 10.00. The number of fused-ring (bicyclic) bond motifs is 2. The van der Waals surface area contributed by atoms with E-state index in [9.17, 15) is 28.8 Å². The van der Waals surface area contributed by atoms with Gasteiger partial charge in [0, 0.05) is 72.9 Å². The van der Waals surface area contributed by atoms with Gasteiger partial charge in [0.1, 0.15) is 12.1 Å². The van der Waals surface area contributed by atoms with E-state index in [0.717, 1.165) is 81.1 Å². The summed E-state index contributed by atoms with van der Waals surface area (Å²) in [6.07, 6.45) is 14.2. The molecule has 7 aromatic rings. The minimum absolute atomic E-state index is 0.101. The maximum Gasteiger partial charge on any atom is 0.252 e. The van der Waals surface area contributed by atoms with Crippen molar-refractivity contribution in [3.63, 3.8) is 0 Å². The van der Waals surface area contributed by atoms with Crippen molar-refractivity contribution in [2.75, 3.05) is 27.2 Å². The van der Waals surface area contributed by atoms with Crippen LogP contribution in [0.3, 0.4) is 0 Å². The van der Waals surface area contributed by atoms with E-state index in [1.54, 1.807) is 52.7 Å². The molecule has 2 fully saturated rings. The molecule has 18 nitrogen and oxygen atoms in total. The van der Waals surface area contributed by atoms with Crippen molar-refractivity contribution in [3.8, 4) is 11.4 Å². The van der Waals surface area contributed by atoms with E-state index in [1.165, 1.54) is 0 Å². The number of rotatable bonds is 20. The molecule has 0 saturated carbocycles. The highest BCUT2D eigenvalue weighted by Gasteiger charge is 2.38. The summed E-state index contributed by atoms with van der Waals surface area (Å²) in [5, 5.41) is 19.6. The predicted molar refractivity (Wildman–Crippen MR) is 309 cm³/mol. The van der Waals surface area contributed by atoms with Crippen molar-refractivity contribution in [1.82, 2.24) is 60.8 Å². The van der Waals surface area contributed by atoms with Crippen molar-refractivity contribution >= 4 is 57.2 Å². The van der Waals surface area contributed by atoms with Crippen LogP contribution in [0.5, 0.6) is 0 Å². The van der Waals surface area contributed by atoms with Crippen molar-refractivity contribution in [1.29, 1.82) is 0 Å². The largest absolute Gasteiger partial charge is 0.348 e. The molecule has 0 bridgehead atoms. The van der Waals surface area contributed by atoms with Crippen molar-refractivity contribution in [3.05, 3.63) is 155 Å². The molecule has 6 amide bonds. The topological polar surface area (TPSA) is 217 Å². The first-order valence-corrected chi connectivity index (χ1v) is 27.9. The average Bonchev–Trinajstić information content (AvgIpc) is 4.43. The van der Waals surface area contributed by atoms with Crippen molar-refractivity contribution < 1.29 is 28.8 Å². The standard InChI is InChI=1S/C62H74N12O6/c1-37(2)55(69-57(75)39(5)63-7)61(79)73-25-11-17-51(73)43-29-45(35-65-33-43)71-27-23-47-49(13-9-15-53(47)71)59(77)67-31-41-19-21-42(22-20-41)32-68-60(78)50-14-10-16-54-48(50)24-28-72(54)46-30-44(34-66-36-46)52-18-12-26-74(52)62(80)56(38(3)4)70-58(76)40(6)64-8/h9-10,13-16,19-24,27-30,33-40,51-52,55-56,63-64H,11-12,17-18,25-26,31-32H2,1-8H3,(H,67,77)(H,68,78)(H,69,75)(H,70,76)/t39-,40-,51-,52-,55-,56-/m0/s1. The van der Waals surface area contributed by atoms with E-state index < -0.39 is 24.2 Å². The number of nitrogens with one attached hydrogen (secondary N) is 6. The number of amides is 6. The summed E-state index contributed by atoms with van der Waals surface area (Å²) in [6, 6.07) is 24.4. The molecule has 80 heavy (non-hydrogen) atoms. The Morgan fingerprint density at radius 1 is 0.537 bits per heavy atom. The molecule has 6 N–H and O–H groups in total. The first kappa shape index (κ1) is 56.5. The average molecular weight is 1080 g/mol. The van der Waals surface area contributed by atoms with Gasteiger partial charge in [0.05, 0.1) is 59.0 Å². The molecule has 2 saturated heterocycles. The number of carbonyl (C=O) groups excluding carboxylic acids is 6. The number of likely N-dealkylation sites (N-methyl/N-ethyl adjacent to an activating group) is 2. The number of aromatic nitrogens is 4. The predicted octanol–water partition coefficient (Wildman–Crippen LogP) is 7.05. The van der Waals surface area contributed by atoms with Gasteiger partial charge in [-0.3, -0.25) is 38.7 Å². The van der Waals surface area contributed by atoms with Gasteiger partial charge in [-0.25, -0.2) is 0 Å². The number of benzene rings is 3.